The minimum atomic E-state index is -3.09. The van der Waals surface area contributed by atoms with Gasteiger partial charge in [-0.05, 0) is 18.2 Å². The second kappa shape index (κ2) is 6.44. The van der Waals surface area contributed by atoms with Crippen LogP contribution in [0.4, 0.5) is 13.2 Å². The second-order valence-corrected chi connectivity index (χ2v) is 3.50. The van der Waals surface area contributed by atoms with E-state index in [1.807, 2.05) is 0 Å². The lowest BCUT2D eigenvalue weighted by atomic mass is 10.1. The normalized spacial score (nSPS) is 11.6. The molecule has 7 heteroatoms. The summed E-state index contributed by atoms with van der Waals surface area (Å²) in [6.07, 6.45) is 0. The number of carbonyl (C=O) groups is 1. The molecular weight excluding hydrogens is 317 g/mol. The van der Waals surface area contributed by atoms with Gasteiger partial charge >= 0.3 is 12.6 Å². The van der Waals surface area contributed by atoms with E-state index in [-0.39, 0.29) is 16.9 Å². The third-order valence-corrected chi connectivity index (χ3v) is 2.37. The summed E-state index contributed by atoms with van der Waals surface area (Å²) in [5.41, 5.74) is -0.242. The lowest BCUT2D eigenvalue weighted by Gasteiger charge is -2.10. The molecule has 0 aliphatic heterocycles. The molecule has 0 saturated carbocycles. The maximum absolute atomic E-state index is 13.5. The van der Waals surface area contributed by atoms with Gasteiger partial charge in [-0.25, -0.2) is 9.18 Å². The Morgan fingerprint density at radius 1 is 1.44 bits per heavy atom. The lowest BCUT2D eigenvalue weighted by Crippen LogP contribution is -2.06. The Labute approximate surface area is 109 Å². The standard InChI is InChI=1S/C11H8BrF3O3/c1-17-10(16)6-2-3-9(18-11(14)15)7(4-6)8(13)5-12/h2-5,11H,1H3/b8-5-. The fourth-order valence-electron chi connectivity index (χ4n) is 1.22. The maximum atomic E-state index is 13.5. The maximum Gasteiger partial charge on any atom is 0.387 e. The van der Waals surface area contributed by atoms with Crippen LogP contribution in [0.5, 0.6) is 5.75 Å². The molecule has 18 heavy (non-hydrogen) atoms. The van der Waals surface area contributed by atoms with E-state index in [0.717, 1.165) is 24.2 Å². The molecule has 0 heterocycles. The fraction of sp³-hybridized carbons (Fsp3) is 0.182. The number of benzene rings is 1. The molecule has 1 aromatic carbocycles. The molecule has 0 fully saturated rings. The summed E-state index contributed by atoms with van der Waals surface area (Å²) in [6.45, 7) is -3.09. The zero-order valence-electron chi connectivity index (χ0n) is 9.12. The first-order valence-corrected chi connectivity index (χ1v) is 5.54. The van der Waals surface area contributed by atoms with Crippen molar-refractivity contribution in [1.29, 1.82) is 0 Å². The Morgan fingerprint density at radius 2 is 2.11 bits per heavy atom. The van der Waals surface area contributed by atoms with Crippen molar-refractivity contribution in [3.63, 3.8) is 0 Å². The summed E-state index contributed by atoms with van der Waals surface area (Å²) in [7, 11) is 1.16. The molecule has 0 aromatic heterocycles. The van der Waals surface area contributed by atoms with E-state index in [4.69, 9.17) is 0 Å². The Bertz CT molecular complexity index is 475. The van der Waals surface area contributed by atoms with Gasteiger partial charge in [0.05, 0.1) is 18.2 Å². The van der Waals surface area contributed by atoms with Crippen LogP contribution in [0, 0.1) is 0 Å². The molecule has 0 aliphatic rings. The van der Waals surface area contributed by atoms with Crippen LogP contribution in [0.1, 0.15) is 15.9 Å². The fourth-order valence-corrected chi connectivity index (χ4v) is 1.47. The summed E-state index contributed by atoms with van der Waals surface area (Å²) in [5.74, 6) is -1.93. The number of alkyl halides is 2. The highest BCUT2D eigenvalue weighted by molar-refractivity contribution is 9.11. The SMILES string of the molecule is COC(=O)c1ccc(OC(F)F)c(/C(F)=C/Br)c1. The van der Waals surface area contributed by atoms with E-state index in [1.165, 1.54) is 6.07 Å². The van der Waals surface area contributed by atoms with E-state index in [1.54, 1.807) is 0 Å². The Morgan fingerprint density at radius 3 is 2.61 bits per heavy atom. The average Bonchev–Trinajstić information content (AvgIpc) is 2.36. The monoisotopic (exact) mass is 324 g/mol. The average molecular weight is 325 g/mol. The van der Waals surface area contributed by atoms with E-state index >= 15 is 0 Å². The Balaban J connectivity index is 3.24. The number of hydrogen-bond acceptors (Lipinski definition) is 3. The van der Waals surface area contributed by atoms with Gasteiger partial charge in [-0.1, -0.05) is 15.9 Å². The molecular formula is C11H8BrF3O3. The number of rotatable bonds is 4. The van der Waals surface area contributed by atoms with E-state index in [2.05, 4.69) is 25.4 Å². The van der Waals surface area contributed by atoms with Crippen LogP contribution in [0.25, 0.3) is 5.83 Å². The predicted octanol–water partition coefficient (Wildman–Crippen LogP) is 3.74. The van der Waals surface area contributed by atoms with Gasteiger partial charge in [-0.3, -0.25) is 0 Å². The van der Waals surface area contributed by atoms with E-state index < -0.39 is 18.4 Å². The first kappa shape index (κ1) is 14.6. The molecule has 0 aliphatic carbocycles. The zero-order chi connectivity index (χ0) is 13.7. The molecule has 0 atom stereocenters. The first-order chi connectivity index (χ1) is 8.49. The van der Waals surface area contributed by atoms with Gasteiger partial charge in [0.2, 0.25) is 0 Å². The number of esters is 1. The van der Waals surface area contributed by atoms with Crippen LogP contribution in [0.15, 0.2) is 23.2 Å². The summed E-state index contributed by atoms with van der Waals surface area (Å²) < 4.78 is 46.3. The Hall–Kier alpha value is -1.50. The molecule has 3 nitrogen and oxygen atoms in total. The smallest absolute Gasteiger partial charge is 0.387 e. The molecule has 0 unspecified atom stereocenters. The van der Waals surface area contributed by atoms with Gasteiger partial charge in [0, 0.05) is 4.99 Å². The van der Waals surface area contributed by atoms with Crippen LogP contribution in [-0.4, -0.2) is 19.7 Å². The summed E-state index contributed by atoms with van der Waals surface area (Å²) in [4.78, 5) is 12.1. The van der Waals surface area contributed by atoms with Crippen molar-refractivity contribution in [3.05, 3.63) is 34.3 Å². The number of methoxy groups -OCH3 is 1. The predicted molar refractivity (Wildman–Crippen MR) is 62.4 cm³/mol. The van der Waals surface area contributed by atoms with Gasteiger partial charge in [-0.15, -0.1) is 0 Å². The second-order valence-electron chi connectivity index (χ2n) is 3.04. The van der Waals surface area contributed by atoms with Crippen LogP contribution in [0.3, 0.4) is 0 Å². The van der Waals surface area contributed by atoms with Crippen molar-refractivity contribution in [2.24, 2.45) is 0 Å². The van der Waals surface area contributed by atoms with Gasteiger partial charge in [-0.2, -0.15) is 8.78 Å². The topological polar surface area (TPSA) is 35.5 Å². The highest BCUT2D eigenvalue weighted by Crippen LogP contribution is 2.30. The van der Waals surface area contributed by atoms with Gasteiger partial charge < -0.3 is 9.47 Å². The minimum absolute atomic E-state index is 0.0265. The van der Waals surface area contributed by atoms with Crippen LogP contribution < -0.4 is 4.74 Å². The van der Waals surface area contributed by atoms with Gasteiger partial charge in [0.25, 0.3) is 0 Å². The van der Waals surface area contributed by atoms with Crippen molar-refractivity contribution in [3.8, 4) is 5.75 Å². The molecule has 0 N–H and O–H groups in total. The lowest BCUT2D eigenvalue weighted by molar-refractivity contribution is -0.0500. The molecule has 0 amide bonds. The number of ether oxygens (including phenoxy) is 2. The minimum Gasteiger partial charge on any atom is -0.465 e. The Kier molecular flexibility index (Phi) is 5.21. The molecule has 0 spiro atoms. The van der Waals surface area contributed by atoms with Crippen molar-refractivity contribution < 1.29 is 27.4 Å². The van der Waals surface area contributed by atoms with Crippen LogP contribution in [0.2, 0.25) is 0 Å². The van der Waals surface area contributed by atoms with Crippen LogP contribution >= 0.6 is 15.9 Å². The molecule has 1 aromatic rings. The van der Waals surface area contributed by atoms with E-state index in [0.29, 0.717) is 0 Å². The van der Waals surface area contributed by atoms with Crippen molar-refractivity contribution >= 4 is 27.7 Å². The zero-order valence-corrected chi connectivity index (χ0v) is 10.7. The summed E-state index contributed by atoms with van der Waals surface area (Å²) >= 11 is 2.73. The van der Waals surface area contributed by atoms with Crippen molar-refractivity contribution in [1.82, 2.24) is 0 Å². The van der Waals surface area contributed by atoms with Crippen molar-refractivity contribution in [2.75, 3.05) is 7.11 Å². The molecule has 0 bridgehead atoms. The molecule has 1 rings (SSSR count). The summed E-state index contributed by atoms with van der Waals surface area (Å²) in [5, 5.41) is 0. The quantitative estimate of drug-likeness (QED) is 0.791. The van der Waals surface area contributed by atoms with Gasteiger partial charge in [0.15, 0.2) is 0 Å². The number of carbonyl (C=O) groups excluding carboxylic acids is 1. The number of halogens is 4. The summed E-state index contributed by atoms with van der Waals surface area (Å²) in [6, 6.07) is 3.34. The molecule has 0 radical (unpaired) electrons. The number of hydrogen-bond donors (Lipinski definition) is 0. The highest BCUT2D eigenvalue weighted by Gasteiger charge is 2.16. The third-order valence-electron chi connectivity index (χ3n) is 1.97. The van der Waals surface area contributed by atoms with Crippen molar-refractivity contribution in [2.45, 2.75) is 6.61 Å². The molecule has 98 valence electrons. The third kappa shape index (κ3) is 3.49. The first-order valence-electron chi connectivity index (χ1n) is 4.63. The van der Waals surface area contributed by atoms with E-state index in [9.17, 15) is 18.0 Å². The van der Waals surface area contributed by atoms with Crippen LogP contribution in [-0.2, 0) is 4.74 Å². The van der Waals surface area contributed by atoms with Gasteiger partial charge in [0.1, 0.15) is 11.6 Å². The highest BCUT2D eigenvalue weighted by atomic mass is 79.9. The molecule has 0 saturated heterocycles. The largest absolute Gasteiger partial charge is 0.465 e.